The molecule has 0 aliphatic carbocycles. The second-order valence-corrected chi connectivity index (χ2v) is 5.31. The predicted molar refractivity (Wildman–Crippen MR) is 83.9 cm³/mol. The summed E-state index contributed by atoms with van der Waals surface area (Å²) >= 11 is 6.13. The minimum Gasteiger partial charge on any atom is -0.455 e. The van der Waals surface area contributed by atoms with Crippen molar-refractivity contribution in [2.24, 2.45) is 5.73 Å². The van der Waals surface area contributed by atoms with Gasteiger partial charge in [-0.1, -0.05) is 54.9 Å². The van der Waals surface area contributed by atoms with Gasteiger partial charge >= 0.3 is 0 Å². The summed E-state index contributed by atoms with van der Waals surface area (Å²) in [6.07, 6.45) is 0.930. The zero-order valence-electron chi connectivity index (χ0n) is 11.3. The third-order valence-electron chi connectivity index (χ3n) is 3.56. The molecule has 1 aromatic heterocycles. The van der Waals surface area contributed by atoms with Crippen molar-refractivity contribution < 1.29 is 4.42 Å². The minimum atomic E-state index is 0.0918. The SMILES string of the molecule is CCC(N)c1ccc(-c2cc3cccc(Cl)c3o2)cc1. The van der Waals surface area contributed by atoms with E-state index in [9.17, 15) is 0 Å². The smallest absolute Gasteiger partial charge is 0.153 e. The van der Waals surface area contributed by atoms with Crippen LogP contribution < -0.4 is 5.73 Å². The van der Waals surface area contributed by atoms with E-state index in [0.29, 0.717) is 5.02 Å². The maximum atomic E-state index is 6.13. The second kappa shape index (κ2) is 5.31. The number of nitrogens with two attached hydrogens (primary N) is 1. The fraction of sp³-hybridized carbons (Fsp3) is 0.176. The van der Waals surface area contributed by atoms with Crippen molar-refractivity contribution >= 4 is 22.6 Å². The highest BCUT2D eigenvalue weighted by molar-refractivity contribution is 6.34. The van der Waals surface area contributed by atoms with Crippen LogP contribution in [0.5, 0.6) is 0 Å². The molecule has 0 bridgehead atoms. The summed E-state index contributed by atoms with van der Waals surface area (Å²) in [5.74, 6) is 0.824. The third kappa shape index (κ3) is 2.33. The van der Waals surface area contributed by atoms with Gasteiger partial charge in [-0.2, -0.15) is 0 Å². The van der Waals surface area contributed by atoms with Gasteiger partial charge in [0.15, 0.2) is 5.58 Å². The molecule has 1 heterocycles. The number of benzene rings is 2. The zero-order valence-corrected chi connectivity index (χ0v) is 12.0. The number of rotatable bonds is 3. The fourth-order valence-corrected chi connectivity index (χ4v) is 2.52. The standard InChI is InChI=1S/C17H16ClNO/c1-2-15(19)11-6-8-12(9-7-11)16-10-13-4-3-5-14(18)17(13)20-16/h3-10,15H,2,19H2,1H3. The molecular formula is C17H16ClNO. The Morgan fingerprint density at radius 3 is 2.55 bits per heavy atom. The zero-order chi connectivity index (χ0) is 14.1. The van der Waals surface area contributed by atoms with Gasteiger partial charge in [-0.3, -0.25) is 0 Å². The van der Waals surface area contributed by atoms with Gasteiger partial charge in [0.2, 0.25) is 0 Å². The maximum Gasteiger partial charge on any atom is 0.153 e. The number of halogens is 1. The van der Waals surface area contributed by atoms with Gasteiger partial charge in [-0.05, 0) is 24.1 Å². The Hall–Kier alpha value is -1.77. The molecule has 3 rings (SSSR count). The molecule has 0 aliphatic heterocycles. The van der Waals surface area contributed by atoms with Crippen LogP contribution in [-0.4, -0.2) is 0 Å². The van der Waals surface area contributed by atoms with E-state index in [0.717, 1.165) is 34.3 Å². The monoisotopic (exact) mass is 285 g/mol. The van der Waals surface area contributed by atoms with Crippen molar-refractivity contribution in [3.63, 3.8) is 0 Å². The van der Waals surface area contributed by atoms with E-state index < -0.39 is 0 Å². The average Bonchev–Trinajstić information content (AvgIpc) is 2.92. The Morgan fingerprint density at radius 1 is 1.15 bits per heavy atom. The van der Waals surface area contributed by atoms with Crippen molar-refractivity contribution in [1.82, 2.24) is 0 Å². The molecule has 0 radical (unpaired) electrons. The van der Waals surface area contributed by atoms with Crippen molar-refractivity contribution in [2.75, 3.05) is 0 Å². The molecule has 2 nitrogen and oxygen atoms in total. The summed E-state index contributed by atoms with van der Waals surface area (Å²) in [6.45, 7) is 2.08. The third-order valence-corrected chi connectivity index (χ3v) is 3.86. The van der Waals surface area contributed by atoms with Gasteiger partial charge < -0.3 is 10.2 Å². The van der Waals surface area contributed by atoms with E-state index in [1.807, 2.05) is 36.4 Å². The average molecular weight is 286 g/mol. The first-order chi connectivity index (χ1) is 9.69. The van der Waals surface area contributed by atoms with E-state index in [2.05, 4.69) is 19.1 Å². The van der Waals surface area contributed by atoms with Gasteiger partial charge in [0.1, 0.15) is 5.76 Å². The van der Waals surface area contributed by atoms with Crippen LogP contribution in [0.4, 0.5) is 0 Å². The van der Waals surface area contributed by atoms with Crippen LogP contribution >= 0.6 is 11.6 Å². The molecule has 0 fully saturated rings. The summed E-state index contributed by atoms with van der Waals surface area (Å²) in [6, 6.07) is 16.0. The van der Waals surface area contributed by atoms with E-state index in [-0.39, 0.29) is 6.04 Å². The first kappa shape index (κ1) is 13.2. The molecule has 1 unspecified atom stereocenters. The minimum absolute atomic E-state index is 0.0918. The molecule has 102 valence electrons. The highest BCUT2D eigenvalue weighted by Gasteiger charge is 2.09. The van der Waals surface area contributed by atoms with Crippen LogP contribution in [0.2, 0.25) is 5.02 Å². The second-order valence-electron chi connectivity index (χ2n) is 4.91. The van der Waals surface area contributed by atoms with Gasteiger partial charge in [0.25, 0.3) is 0 Å². The Labute approximate surface area is 123 Å². The van der Waals surface area contributed by atoms with E-state index in [1.54, 1.807) is 0 Å². The summed E-state index contributed by atoms with van der Waals surface area (Å²) in [5, 5.41) is 1.65. The summed E-state index contributed by atoms with van der Waals surface area (Å²) in [4.78, 5) is 0. The number of fused-ring (bicyclic) bond motifs is 1. The molecule has 2 aromatic carbocycles. The maximum absolute atomic E-state index is 6.13. The van der Waals surface area contributed by atoms with Crippen LogP contribution in [0.25, 0.3) is 22.3 Å². The van der Waals surface area contributed by atoms with Crippen LogP contribution in [-0.2, 0) is 0 Å². The lowest BCUT2D eigenvalue weighted by atomic mass is 10.0. The molecule has 0 spiro atoms. The molecule has 3 aromatic rings. The number of para-hydroxylation sites is 1. The Balaban J connectivity index is 2.00. The highest BCUT2D eigenvalue weighted by Crippen LogP contribution is 2.32. The van der Waals surface area contributed by atoms with Gasteiger partial charge in [0, 0.05) is 17.0 Å². The van der Waals surface area contributed by atoms with Crippen molar-refractivity contribution in [1.29, 1.82) is 0 Å². The molecule has 20 heavy (non-hydrogen) atoms. The van der Waals surface area contributed by atoms with Crippen molar-refractivity contribution in [3.05, 3.63) is 59.1 Å². The van der Waals surface area contributed by atoms with Crippen LogP contribution in [0.1, 0.15) is 24.9 Å². The molecule has 0 aliphatic rings. The first-order valence-corrected chi connectivity index (χ1v) is 7.11. The van der Waals surface area contributed by atoms with Gasteiger partial charge in [-0.15, -0.1) is 0 Å². The lowest BCUT2D eigenvalue weighted by Gasteiger charge is -2.09. The molecular weight excluding hydrogens is 270 g/mol. The van der Waals surface area contributed by atoms with Crippen molar-refractivity contribution in [3.8, 4) is 11.3 Å². The molecule has 2 N–H and O–H groups in total. The number of hydrogen-bond donors (Lipinski definition) is 1. The Morgan fingerprint density at radius 2 is 1.90 bits per heavy atom. The Bertz CT molecular complexity index is 730. The normalized spacial score (nSPS) is 12.8. The van der Waals surface area contributed by atoms with Crippen molar-refractivity contribution in [2.45, 2.75) is 19.4 Å². The molecule has 0 saturated heterocycles. The van der Waals surface area contributed by atoms with Crippen LogP contribution in [0.15, 0.2) is 52.9 Å². The Kier molecular flexibility index (Phi) is 3.51. The summed E-state index contributed by atoms with van der Waals surface area (Å²) < 4.78 is 5.85. The molecule has 3 heteroatoms. The van der Waals surface area contributed by atoms with E-state index in [4.69, 9.17) is 21.8 Å². The quantitative estimate of drug-likeness (QED) is 0.721. The summed E-state index contributed by atoms with van der Waals surface area (Å²) in [5.41, 5.74) is 8.93. The van der Waals surface area contributed by atoms with Gasteiger partial charge in [-0.25, -0.2) is 0 Å². The van der Waals surface area contributed by atoms with E-state index >= 15 is 0 Å². The number of furan rings is 1. The first-order valence-electron chi connectivity index (χ1n) is 6.73. The van der Waals surface area contributed by atoms with E-state index in [1.165, 1.54) is 0 Å². The topological polar surface area (TPSA) is 39.2 Å². The highest BCUT2D eigenvalue weighted by atomic mass is 35.5. The van der Waals surface area contributed by atoms with Gasteiger partial charge in [0.05, 0.1) is 5.02 Å². The molecule has 0 saturated carbocycles. The number of hydrogen-bond acceptors (Lipinski definition) is 2. The van der Waals surface area contributed by atoms with Crippen LogP contribution in [0.3, 0.4) is 0 Å². The lowest BCUT2D eigenvalue weighted by Crippen LogP contribution is -2.07. The fourth-order valence-electron chi connectivity index (χ4n) is 2.30. The lowest BCUT2D eigenvalue weighted by molar-refractivity contribution is 0.631. The largest absolute Gasteiger partial charge is 0.455 e. The molecule has 1 atom stereocenters. The predicted octanol–water partition coefficient (Wildman–Crippen LogP) is 5.16. The summed E-state index contributed by atoms with van der Waals surface area (Å²) in [7, 11) is 0. The molecule has 0 amide bonds. The van der Waals surface area contributed by atoms with Crippen LogP contribution in [0, 0.1) is 0 Å².